The average molecular weight is 300 g/mol. The Hall–Kier alpha value is -2.16. The lowest BCUT2D eigenvalue weighted by Gasteiger charge is -2.11. The largest absolute Gasteiger partial charge is 0.308 e. The molecule has 0 aliphatic heterocycles. The quantitative estimate of drug-likeness (QED) is 0.535. The number of nitro benzene ring substituents is 1. The van der Waals surface area contributed by atoms with Crippen molar-refractivity contribution in [3.8, 4) is 11.4 Å². The lowest BCUT2D eigenvalue weighted by atomic mass is 10.1. The Morgan fingerprint density at radius 1 is 1.45 bits per heavy atom. The normalized spacial score (nSPS) is 11.1. The molecular weight excluding hydrogens is 290 g/mol. The standard InChI is InChI=1S/C11H10F2N4O2S/c1-5(2)16-10(14-15-11(16)20)7-3-6(12)4-8(9(7)13)17(18)19/h3-5H,1-2H3,(H,15,20). The molecule has 0 saturated carbocycles. The third-order valence-corrected chi connectivity index (χ3v) is 2.96. The van der Waals surface area contributed by atoms with Crippen LogP contribution in [0.4, 0.5) is 14.5 Å². The van der Waals surface area contributed by atoms with Crippen LogP contribution in [0.25, 0.3) is 11.4 Å². The number of aromatic amines is 1. The van der Waals surface area contributed by atoms with E-state index >= 15 is 0 Å². The first-order valence-corrected chi connectivity index (χ1v) is 6.04. The number of benzene rings is 1. The number of hydrogen-bond donors (Lipinski definition) is 1. The molecule has 0 aliphatic carbocycles. The maximum atomic E-state index is 14.1. The fraction of sp³-hybridized carbons (Fsp3) is 0.273. The molecule has 1 aromatic heterocycles. The van der Waals surface area contributed by atoms with Gasteiger partial charge in [0.15, 0.2) is 10.6 Å². The topological polar surface area (TPSA) is 76.8 Å². The van der Waals surface area contributed by atoms with Crippen molar-refractivity contribution in [2.45, 2.75) is 19.9 Å². The Balaban J connectivity index is 2.77. The van der Waals surface area contributed by atoms with Crippen LogP contribution in [-0.4, -0.2) is 19.7 Å². The van der Waals surface area contributed by atoms with E-state index in [1.54, 1.807) is 13.8 Å². The monoisotopic (exact) mass is 300 g/mol. The molecule has 20 heavy (non-hydrogen) atoms. The number of aromatic nitrogens is 3. The summed E-state index contributed by atoms with van der Waals surface area (Å²) in [5, 5.41) is 17.0. The van der Waals surface area contributed by atoms with Gasteiger partial charge < -0.3 is 0 Å². The minimum atomic E-state index is -1.15. The fourth-order valence-electron chi connectivity index (χ4n) is 1.84. The highest BCUT2D eigenvalue weighted by molar-refractivity contribution is 7.71. The predicted molar refractivity (Wildman–Crippen MR) is 69.8 cm³/mol. The number of H-pyrrole nitrogens is 1. The van der Waals surface area contributed by atoms with E-state index in [0.29, 0.717) is 6.07 Å². The lowest BCUT2D eigenvalue weighted by molar-refractivity contribution is -0.387. The first kappa shape index (κ1) is 14.3. The van der Waals surface area contributed by atoms with E-state index in [1.807, 2.05) is 0 Å². The zero-order valence-corrected chi connectivity index (χ0v) is 11.4. The van der Waals surface area contributed by atoms with Crippen LogP contribution in [0.15, 0.2) is 12.1 Å². The van der Waals surface area contributed by atoms with Gasteiger partial charge in [-0.15, -0.1) is 0 Å². The van der Waals surface area contributed by atoms with Gasteiger partial charge in [-0.05, 0) is 32.1 Å². The zero-order valence-electron chi connectivity index (χ0n) is 10.6. The van der Waals surface area contributed by atoms with Crippen LogP contribution >= 0.6 is 12.2 Å². The molecule has 9 heteroatoms. The molecule has 0 aliphatic rings. The Kier molecular flexibility index (Phi) is 3.62. The summed E-state index contributed by atoms with van der Waals surface area (Å²) in [4.78, 5) is 9.74. The van der Waals surface area contributed by atoms with E-state index in [4.69, 9.17) is 12.2 Å². The molecular formula is C11H10F2N4O2S. The molecule has 1 aromatic carbocycles. The number of nitrogens with zero attached hydrogens (tertiary/aromatic N) is 3. The summed E-state index contributed by atoms with van der Waals surface area (Å²) in [6.07, 6.45) is 0. The number of nitro groups is 1. The molecule has 6 nitrogen and oxygen atoms in total. The molecule has 0 bridgehead atoms. The van der Waals surface area contributed by atoms with Crippen LogP contribution in [0.3, 0.4) is 0 Å². The fourth-order valence-corrected chi connectivity index (χ4v) is 2.19. The van der Waals surface area contributed by atoms with E-state index in [-0.39, 0.29) is 22.2 Å². The van der Waals surface area contributed by atoms with Crippen molar-refractivity contribution < 1.29 is 13.7 Å². The molecule has 0 radical (unpaired) electrons. The van der Waals surface area contributed by atoms with Crippen molar-refractivity contribution in [1.29, 1.82) is 0 Å². The van der Waals surface area contributed by atoms with Crippen molar-refractivity contribution in [1.82, 2.24) is 14.8 Å². The summed E-state index contributed by atoms with van der Waals surface area (Å²) in [5.74, 6) is -2.05. The highest BCUT2D eigenvalue weighted by Crippen LogP contribution is 2.30. The van der Waals surface area contributed by atoms with E-state index in [2.05, 4.69) is 10.2 Å². The van der Waals surface area contributed by atoms with Gasteiger partial charge in [-0.3, -0.25) is 19.8 Å². The van der Waals surface area contributed by atoms with Crippen molar-refractivity contribution in [2.75, 3.05) is 0 Å². The molecule has 1 N–H and O–H groups in total. The maximum absolute atomic E-state index is 14.1. The highest BCUT2D eigenvalue weighted by atomic mass is 32.1. The summed E-state index contributed by atoms with van der Waals surface area (Å²) in [5.41, 5.74) is -1.25. The van der Waals surface area contributed by atoms with Crippen LogP contribution in [0.1, 0.15) is 19.9 Å². The van der Waals surface area contributed by atoms with Crippen molar-refractivity contribution in [2.24, 2.45) is 0 Å². The summed E-state index contributed by atoms with van der Waals surface area (Å²) in [7, 11) is 0. The summed E-state index contributed by atoms with van der Waals surface area (Å²) in [6, 6.07) is 1.21. The minimum Gasteiger partial charge on any atom is -0.298 e. The third kappa shape index (κ3) is 2.31. The molecule has 0 saturated heterocycles. The van der Waals surface area contributed by atoms with Gasteiger partial charge in [0.1, 0.15) is 5.82 Å². The first-order valence-electron chi connectivity index (χ1n) is 5.63. The molecule has 0 atom stereocenters. The lowest BCUT2D eigenvalue weighted by Crippen LogP contribution is -2.06. The molecule has 1 heterocycles. The first-order chi connectivity index (χ1) is 9.32. The zero-order chi connectivity index (χ0) is 15.0. The van der Waals surface area contributed by atoms with E-state index < -0.39 is 22.2 Å². The van der Waals surface area contributed by atoms with E-state index in [9.17, 15) is 18.9 Å². The average Bonchev–Trinajstić information content (AvgIpc) is 2.73. The Morgan fingerprint density at radius 2 is 2.10 bits per heavy atom. The van der Waals surface area contributed by atoms with Gasteiger partial charge in [0.25, 0.3) is 0 Å². The van der Waals surface area contributed by atoms with Gasteiger partial charge in [-0.1, -0.05) is 0 Å². The Morgan fingerprint density at radius 3 is 2.65 bits per heavy atom. The summed E-state index contributed by atoms with van der Waals surface area (Å²) in [6.45, 7) is 3.56. The van der Waals surface area contributed by atoms with Crippen LogP contribution in [0.2, 0.25) is 0 Å². The van der Waals surface area contributed by atoms with Crippen molar-refractivity contribution >= 4 is 17.9 Å². The second kappa shape index (κ2) is 5.08. The van der Waals surface area contributed by atoms with Gasteiger partial charge in [0, 0.05) is 6.04 Å². The van der Waals surface area contributed by atoms with Gasteiger partial charge in [-0.25, -0.2) is 4.39 Å². The SMILES string of the molecule is CC(C)n1c(-c2cc(F)cc([N+](=O)[O-])c2F)n[nH]c1=S. The van der Waals surface area contributed by atoms with Gasteiger partial charge in [0.05, 0.1) is 16.6 Å². The number of rotatable bonds is 3. The van der Waals surface area contributed by atoms with Crippen molar-refractivity contribution in [3.63, 3.8) is 0 Å². The van der Waals surface area contributed by atoms with E-state index in [0.717, 1.165) is 6.07 Å². The Bertz CT molecular complexity index is 739. The molecule has 106 valence electrons. The van der Waals surface area contributed by atoms with Gasteiger partial charge >= 0.3 is 5.69 Å². The summed E-state index contributed by atoms with van der Waals surface area (Å²) >= 11 is 5.00. The molecule has 2 rings (SSSR count). The van der Waals surface area contributed by atoms with Gasteiger partial charge in [0.2, 0.25) is 5.82 Å². The molecule has 0 fully saturated rings. The second-order valence-electron chi connectivity index (χ2n) is 4.36. The van der Waals surface area contributed by atoms with Crippen LogP contribution < -0.4 is 0 Å². The Labute approximate surface area is 117 Å². The van der Waals surface area contributed by atoms with Crippen LogP contribution in [0.5, 0.6) is 0 Å². The second-order valence-corrected chi connectivity index (χ2v) is 4.75. The molecule has 0 unspecified atom stereocenters. The smallest absolute Gasteiger partial charge is 0.298 e. The van der Waals surface area contributed by atoms with Crippen LogP contribution in [0, 0.1) is 26.5 Å². The van der Waals surface area contributed by atoms with E-state index in [1.165, 1.54) is 4.57 Å². The number of nitrogens with one attached hydrogen (secondary N) is 1. The number of hydrogen-bond acceptors (Lipinski definition) is 4. The molecule has 2 aromatic rings. The minimum absolute atomic E-state index is 0.0186. The van der Waals surface area contributed by atoms with Crippen molar-refractivity contribution in [3.05, 3.63) is 38.7 Å². The summed E-state index contributed by atoms with van der Waals surface area (Å²) < 4.78 is 29.3. The predicted octanol–water partition coefficient (Wildman–Crippen LogP) is 3.37. The van der Waals surface area contributed by atoms with Gasteiger partial charge in [-0.2, -0.15) is 9.49 Å². The third-order valence-electron chi connectivity index (χ3n) is 2.68. The molecule has 0 amide bonds. The maximum Gasteiger partial charge on any atom is 0.308 e. The highest BCUT2D eigenvalue weighted by Gasteiger charge is 2.24. The number of halogens is 2. The van der Waals surface area contributed by atoms with Crippen LogP contribution in [-0.2, 0) is 0 Å². The molecule has 0 spiro atoms.